The maximum Gasteiger partial charge on any atom is 0.267 e. The zero-order valence-electron chi connectivity index (χ0n) is 17.7. The summed E-state index contributed by atoms with van der Waals surface area (Å²) in [5.41, 5.74) is 3.26. The topological polar surface area (TPSA) is 63.7 Å². The molecule has 1 aromatic heterocycles. The number of hydrogen-bond acceptors (Lipinski definition) is 6. The number of methoxy groups -OCH3 is 2. The van der Waals surface area contributed by atoms with Crippen LogP contribution in [0.1, 0.15) is 28.2 Å². The number of thiazole rings is 1. The van der Waals surface area contributed by atoms with Crippen LogP contribution in [0.25, 0.3) is 10.6 Å². The Morgan fingerprint density at radius 3 is 2.55 bits per heavy atom. The summed E-state index contributed by atoms with van der Waals surface area (Å²) in [5.74, 6) is 1.07. The van der Waals surface area contributed by atoms with Gasteiger partial charge in [-0.1, -0.05) is 11.6 Å². The molecule has 4 rings (SSSR count). The van der Waals surface area contributed by atoms with E-state index in [0.717, 1.165) is 47.9 Å². The molecule has 2 heterocycles. The SMILES string of the molecule is COc1ccc(-c2nc(C)c(C(=O)Nc3cc(Cl)ccc3N3CCCC3)s2)cc1OC. The summed E-state index contributed by atoms with van der Waals surface area (Å²) in [7, 11) is 3.19. The number of aromatic nitrogens is 1. The molecule has 0 saturated carbocycles. The Hall–Kier alpha value is -2.77. The number of aryl methyl sites for hydroxylation is 1. The molecule has 0 aliphatic carbocycles. The van der Waals surface area contributed by atoms with Gasteiger partial charge in [0.25, 0.3) is 5.91 Å². The molecule has 2 aromatic carbocycles. The standard InChI is InChI=1S/C23H24ClN3O3S/c1-14-21(31-23(25-14)15-6-9-19(29-2)20(12-15)30-3)22(28)26-17-13-16(24)7-8-18(17)27-10-4-5-11-27/h6-9,12-13H,4-5,10-11H2,1-3H3,(H,26,28). The van der Waals surface area contributed by atoms with Crippen molar-refractivity contribution in [3.8, 4) is 22.1 Å². The summed E-state index contributed by atoms with van der Waals surface area (Å²) in [6.45, 7) is 3.80. The van der Waals surface area contributed by atoms with Gasteiger partial charge in [0.1, 0.15) is 9.88 Å². The van der Waals surface area contributed by atoms with E-state index in [9.17, 15) is 4.79 Å². The smallest absolute Gasteiger partial charge is 0.267 e. The van der Waals surface area contributed by atoms with Crippen LogP contribution in [-0.2, 0) is 0 Å². The number of anilines is 2. The van der Waals surface area contributed by atoms with Crippen molar-refractivity contribution in [2.75, 3.05) is 37.5 Å². The normalized spacial score (nSPS) is 13.4. The Morgan fingerprint density at radius 2 is 1.84 bits per heavy atom. The van der Waals surface area contributed by atoms with Gasteiger partial charge < -0.3 is 19.7 Å². The summed E-state index contributed by atoms with van der Waals surface area (Å²) in [5, 5.41) is 4.38. The predicted octanol–water partition coefficient (Wildman–Crippen LogP) is 5.64. The summed E-state index contributed by atoms with van der Waals surface area (Å²) in [6, 6.07) is 11.2. The number of amides is 1. The third kappa shape index (κ3) is 4.48. The van der Waals surface area contributed by atoms with Gasteiger partial charge in [0.2, 0.25) is 0 Å². The first-order valence-electron chi connectivity index (χ1n) is 10.1. The van der Waals surface area contributed by atoms with Crippen LogP contribution >= 0.6 is 22.9 Å². The molecule has 1 amide bonds. The molecule has 1 aliphatic heterocycles. The van der Waals surface area contributed by atoms with Gasteiger partial charge in [0, 0.05) is 23.7 Å². The highest BCUT2D eigenvalue weighted by molar-refractivity contribution is 7.17. The molecule has 6 nitrogen and oxygen atoms in total. The monoisotopic (exact) mass is 457 g/mol. The van der Waals surface area contributed by atoms with Crippen LogP contribution in [0.15, 0.2) is 36.4 Å². The number of benzene rings is 2. The summed E-state index contributed by atoms with van der Waals surface area (Å²) in [6.07, 6.45) is 2.30. The molecule has 1 N–H and O–H groups in total. The Bertz CT molecular complexity index is 1110. The third-order valence-corrected chi connectivity index (χ3v) is 6.73. The number of ether oxygens (including phenoxy) is 2. The fourth-order valence-electron chi connectivity index (χ4n) is 3.72. The van der Waals surface area contributed by atoms with Crippen molar-refractivity contribution in [1.82, 2.24) is 4.98 Å². The fourth-order valence-corrected chi connectivity index (χ4v) is 4.85. The first-order chi connectivity index (χ1) is 15.0. The third-order valence-electron chi connectivity index (χ3n) is 5.29. The molecule has 31 heavy (non-hydrogen) atoms. The largest absolute Gasteiger partial charge is 0.493 e. The molecular weight excluding hydrogens is 434 g/mol. The number of nitrogens with one attached hydrogen (secondary N) is 1. The molecule has 1 fully saturated rings. The lowest BCUT2D eigenvalue weighted by molar-refractivity contribution is 0.103. The average molecular weight is 458 g/mol. The van der Waals surface area contributed by atoms with Crippen LogP contribution in [-0.4, -0.2) is 38.2 Å². The molecule has 3 aromatic rings. The Labute approximate surface area is 190 Å². The van der Waals surface area contributed by atoms with Gasteiger partial charge in [-0.2, -0.15) is 0 Å². The molecule has 0 spiro atoms. The number of nitrogens with zero attached hydrogens (tertiary/aromatic N) is 2. The maximum atomic E-state index is 13.1. The molecule has 0 atom stereocenters. The number of halogens is 1. The molecule has 162 valence electrons. The Morgan fingerprint density at radius 1 is 1.10 bits per heavy atom. The first-order valence-corrected chi connectivity index (χ1v) is 11.2. The van der Waals surface area contributed by atoms with Crippen molar-refractivity contribution in [1.29, 1.82) is 0 Å². The molecule has 0 radical (unpaired) electrons. The van der Waals surface area contributed by atoms with Gasteiger partial charge in [-0.25, -0.2) is 4.98 Å². The lowest BCUT2D eigenvalue weighted by atomic mass is 10.2. The van der Waals surface area contributed by atoms with E-state index in [4.69, 9.17) is 21.1 Å². The molecule has 8 heteroatoms. The summed E-state index contributed by atoms with van der Waals surface area (Å²) >= 11 is 7.57. The second-order valence-corrected chi connectivity index (χ2v) is 8.75. The molecule has 0 bridgehead atoms. The number of rotatable bonds is 6. The van der Waals surface area contributed by atoms with Crippen LogP contribution in [0.3, 0.4) is 0 Å². The second-order valence-electron chi connectivity index (χ2n) is 7.31. The van der Waals surface area contributed by atoms with E-state index in [-0.39, 0.29) is 5.91 Å². The van der Waals surface area contributed by atoms with Crippen molar-refractivity contribution < 1.29 is 14.3 Å². The van der Waals surface area contributed by atoms with Crippen LogP contribution in [0, 0.1) is 6.92 Å². The van der Waals surface area contributed by atoms with Gasteiger partial charge in [-0.05, 0) is 56.2 Å². The minimum Gasteiger partial charge on any atom is -0.493 e. The van der Waals surface area contributed by atoms with E-state index in [1.54, 1.807) is 20.3 Å². The van der Waals surface area contributed by atoms with Crippen molar-refractivity contribution in [2.45, 2.75) is 19.8 Å². The van der Waals surface area contributed by atoms with E-state index in [1.807, 2.05) is 37.3 Å². The average Bonchev–Trinajstić information content (AvgIpc) is 3.43. The summed E-state index contributed by atoms with van der Waals surface area (Å²) < 4.78 is 10.7. The van der Waals surface area contributed by atoms with Gasteiger partial charge in [-0.15, -0.1) is 11.3 Å². The van der Waals surface area contributed by atoms with Gasteiger partial charge in [-0.3, -0.25) is 4.79 Å². The maximum absolute atomic E-state index is 13.1. The van der Waals surface area contributed by atoms with Gasteiger partial charge >= 0.3 is 0 Å². The van der Waals surface area contributed by atoms with Crippen LogP contribution in [0.5, 0.6) is 11.5 Å². The van der Waals surface area contributed by atoms with Crippen molar-refractivity contribution in [3.05, 3.63) is 52.0 Å². The van der Waals surface area contributed by atoms with E-state index in [0.29, 0.717) is 27.1 Å². The van der Waals surface area contributed by atoms with E-state index >= 15 is 0 Å². The van der Waals surface area contributed by atoms with Crippen molar-refractivity contribution in [3.63, 3.8) is 0 Å². The molecule has 1 aliphatic rings. The minimum atomic E-state index is -0.190. The van der Waals surface area contributed by atoms with Gasteiger partial charge in [0.05, 0.1) is 31.3 Å². The molecule has 0 unspecified atom stereocenters. The Kier molecular flexibility index (Phi) is 6.34. The summed E-state index contributed by atoms with van der Waals surface area (Å²) in [4.78, 5) is 20.6. The van der Waals surface area contributed by atoms with E-state index in [2.05, 4.69) is 15.2 Å². The highest BCUT2D eigenvalue weighted by Gasteiger charge is 2.21. The first kappa shape index (κ1) is 21.5. The second kappa shape index (κ2) is 9.16. The lowest BCUT2D eigenvalue weighted by Gasteiger charge is -2.21. The van der Waals surface area contributed by atoms with Crippen LogP contribution in [0.4, 0.5) is 11.4 Å². The van der Waals surface area contributed by atoms with E-state index < -0.39 is 0 Å². The van der Waals surface area contributed by atoms with Crippen molar-refractivity contribution in [2.24, 2.45) is 0 Å². The van der Waals surface area contributed by atoms with E-state index in [1.165, 1.54) is 11.3 Å². The van der Waals surface area contributed by atoms with Gasteiger partial charge in [0.15, 0.2) is 11.5 Å². The fraction of sp³-hybridized carbons (Fsp3) is 0.304. The molecular formula is C23H24ClN3O3S. The number of carbonyl (C=O) groups is 1. The zero-order chi connectivity index (χ0) is 22.0. The molecule has 1 saturated heterocycles. The van der Waals surface area contributed by atoms with Crippen LogP contribution in [0.2, 0.25) is 5.02 Å². The predicted molar refractivity (Wildman–Crippen MR) is 126 cm³/mol. The zero-order valence-corrected chi connectivity index (χ0v) is 19.3. The highest BCUT2D eigenvalue weighted by atomic mass is 35.5. The van der Waals surface area contributed by atoms with Crippen LogP contribution < -0.4 is 19.7 Å². The van der Waals surface area contributed by atoms with Crippen molar-refractivity contribution >= 4 is 40.2 Å². The lowest BCUT2D eigenvalue weighted by Crippen LogP contribution is -2.21. The number of carbonyl (C=O) groups excluding carboxylic acids is 1. The Balaban J connectivity index is 1.61. The quantitative estimate of drug-likeness (QED) is 0.518. The minimum absolute atomic E-state index is 0.190. The number of hydrogen-bond donors (Lipinski definition) is 1. The highest BCUT2D eigenvalue weighted by Crippen LogP contribution is 2.36.